The number of hydrogen-bond donors (Lipinski definition) is 2. The Balaban J connectivity index is 2.34. The summed E-state index contributed by atoms with van der Waals surface area (Å²) in [5.41, 5.74) is 4.91. The van der Waals surface area contributed by atoms with Gasteiger partial charge < -0.3 is 16.0 Å². The summed E-state index contributed by atoms with van der Waals surface area (Å²) in [7, 11) is 2.16. The van der Waals surface area contributed by atoms with Crippen LogP contribution >= 0.6 is 0 Å². The van der Waals surface area contributed by atoms with Crippen LogP contribution in [0.4, 0.5) is 0 Å². The SMILES string of the molecule is CN1CCCC(NCC(C)(C)C(N)=O)CC1. The maximum atomic E-state index is 11.2. The predicted octanol–water partition coefficient (Wildman–Crippen LogP) is 0.572. The van der Waals surface area contributed by atoms with Crippen LogP contribution in [0.15, 0.2) is 0 Å². The molecule has 1 rings (SSSR count). The summed E-state index contributed by atoms with van der Waals surface area (Å²) < 4.78 is 0. The van der Waals surface area contributed by atoms with E-state index in [1.165, 1.54) is 19.4 Å². The van der Waals surface area contributed by atoms with Crippen LogP contribution in [0, 0.1) is 5.41 Å². The minimum atomic E-state index is -0.446. The van der Waals surface area contributed by atoms with Gasteiger partial charge in [-0.25, -0.2) is 0 Å². The average molecular weight is 227 g/mol. The third kappa shape index (κ3) is 4.10. The van der Waals surface area contributed by atoms with Crippen molar-refractivity contribution in [3.05, 3.63) is 0 Å². The quantitative estimate of drug-likeness (QED) is 0.738. The van der Waals surface area contributed by atoms with Crippen LogP contribution in [0.1, 0.15) is 33.1 Å². The molecule has 0 aromatic rings. The molecule has 0 saturated carbocycles. The second-order valence-electron chi connectivity index (χ2n) is 5.56. The highest BCUT2D eigenvalue weighted by Crippen LogP contribution is 2.15. The van der Waals surface area contributed by atoms with Crippen LogP contribution in [0.5, 0.6) is 0 Å². The van der Waals surface area contributed by atoms with Crippen LogP contribution in [-0.4, -0.2) is 43.5 Å². The van der Waals surface area contributed by atoms with Crippen LogP contribution < -0.4 is 11.1 Å². The first-order valence-electron chi connectivity index (χ1n) is 6.13. The van der Waals surface area contributed by atoms with Crippen LogP contribution in [0.3, 0.4) is 0 Å². The van der Waals surface area contributed by atoms with Crippen molar-refractivity contribution in [3.8, 4) is 0 Å². The fourth-order valence-electron chi connectivity index (χ4n) is 1.93. The molecule has 0 radical (unpaired) electrons. The van der Waals surface area contributed by atoms with Crippen molar-refractivity contribution in [2.24, 2.45) is 11.1 Å². The number of nitrogens with zero attached hydrogens (tertiary/aromatic N) is 1. The van der Waals surface area contributed by atoms with Crippen LogP contribution in [0.2, 0.25) is 0 Å². The van der Waals surface area contributed by atoms with E-state index >= 15 is 0 Å². The Hall–Kier alpha value is -0.610. The van der Waals surface area contributed by atoms with E-state index in [1.54, 1.807) is 0 Å². The molecule has 3 N–H and O–H groups in total. The molecule has 1 unspecified atom stereocenters. The monoisotopic (exact) mass is 227 g/mol. The number of likely N-dealkylation sites (tertiary alicyclic amines) is 1. The molecule has 1 atom stereocenters. The Morgan fingerprint density at radius 3 is 2.75 bits per heavy atom. The molecular weight excluding hydrogens is 202 g/mol. The normalized spacial score (nSPS) is 24.1. The van der Waals surface area contributed by atoms with Gasteiger partial charge in [0.2, 0.25) is 5.91 Å². The lowest BCUT2D eigenvalue weighted by atomic mass is 9.92. The minimum Gasteiger partial charge on any atom is -0.369 e. The van der Waals surface area contributed by atoms with Crippen molar-refractivity contribution in [1.82, 2.24) is 10.2 Å². The zero-order valence-electron chi connectivity index (χ0n) is 10.8. The Kier molecular flexibility index (Phi) is 4.74. The van der Waals surface area contributed by atoms with Gasteiger partial charge in [-0.15, -0.1) is 0 Å². The lowest BCUT2D eigenvalue weighted by Gasteiger charge is -2.25. The van der Waals surface area contributed by atoms with E-state index in [9.17, 15) is 4.79 Å². The van der Waals surface area contributed by atoms with E-state index in [0.717, 1.165) is 13.0 Å². The fraction of sp³-hybridized carbons (Fsp3) is 0.917. The molecule has 4 heteroatoms. The van der Waals surface area contributed by atoms with Crippen molar-refractivity contribution in [1.29, 1.82) is 0 Å². The van der Waals surface area contributed by atoms with E-state index in [4.69, 9.17) is 5.73 Å². The summed E-state index contributed by atoms with van der Waals surface area (Å²) in [5.74, 6) is -0.231. The number of primary amides is 1. The first kappa shape index (κ1) is 13.5. The number of rotatable bonds is 4. The highest BCUT2D eigenvalue weighted by Gasteiger charge is 2.26. The molecule has 0 aromatic heterocycles. The molecule has 0 bridgehead atoms. The van der Waals surface area contributed by atoms with E-state index in [2.05, 4.69) is 17.3 Å². The third-order valence-electron chi connectivity index (χ3n) is 3.45. The lowest BCUT2D eigenvalue weighted by Crippen LogP contribution is -2.44. The smallest absolute Gasteiger partial charge is 0.224 e. The summed E-state index contributed by atoms with van der Waals surface area (Å²) in [6, 6.07) is 0.531. The molecule has 0 aliphatic carbocycles. The molecule has 1 heterocycles. The van der Waals surface area contributed by atoms with Gasteiger partial charge in [-0.2, -0.15) is 0 Å². The first-order valence-corrected chi connectivity index (χ1v) is 6.13. The van der Waals surface area contributed by atoms with Gasteiger partial charge in [0.05, 0.1) is 5.41 Å². The largest absolute Gasteiger partial charge is 0.369 e. The number of nitrogens with two attached hydrogens (primary N) is 1. The molecule has 1 aliphatic rings. The molecule has 1 fully saturated rings. The van der Waals surface area contributed by atoms with E-state index < -0.39 is 5.41 Å². The average Bonchev–Trinajstić information content (AvgIpc) is 2.40. The Labute approximate surface area is 98.6 Å². The molecule has 0 spiro atoms. The number of hydrogen-bond acceptors (Lipinski definition) is 3. The van der Waals surface area contributed by atoms with Crippen molar-refractivity contribution >= 4 is 5.91 Å². The standard InChI is InChI=1S/C12H25N3O/c1-12(2,11(13)16)9-14-10-5-4-7-15(3)8-6-10/h10,14H,4-9H2,1-3H3,(H2,13,16). The van der Waals surface area contributed by atoms with E-state index in [-0.39, 0.29) is 5.91 Å². The summed E-state index contributed by atoms with van der Waals surface area (Å²) >= 11 is 0. The zero-order valence-corrected chi connectivity index (χ0v) is 10.8. The summed E-state index contributed by atoms with van der Waals surface area (Å²) in [4.78, 5) is 13.5. The predicted molar refractivity (Wildman–Crippen MR) is 66.1 cm³/mol. The first-order chi connectivity index (χ1) is 7.42. The fourth-order valence-corrected chi connectivity index (χ4v) is 1.93. The van der Waals surface area contributed by atoms with Crippen molar-refractivity contribution in [2.45, 2.75) is 39.2 Å². The van der Waals surface area contributed by atoms with Gasteiger partial charge in [-0.1, -0.05) is 0 Å². The third-order valence-corrected chi connectivity index (χ3v) is 3.45. The van der Waals surface area contributed by atoms with Crippen molar-refractivity contribution in [3.63, 3.8) is 0 Å². The number of amides is 1. The number of carbonyl (C=O) groups is 1. The van der Waals surface area contributed by atoms with Crippen LogP contribution in [0.25, 0.3) is 0 Å². The summed E-state index contributed by atoms with van der Waals surface area (Å²) in [5, 5.41) is 3.48. The van der Waals surface area contributed by atoms with Crippen molar-refractivity contribution < 1.29 is 4.79 Å². The Bertz CT molecular complexity index is 240. The van der Waals surface area contributed by atoms with Crippen molar-refractivity contribution in [2.75, 3.05) is 26.7 Å². The summed E-state index contributed by atoms with van der Waals surface area (Å²) in [6.07, 6.45) is 3.58. The molecule has 94 valence electrons. The van der Waals surface area contributed by atoms with Crippen LogP contribution in [-0.2, 0) is 4.79 Å². The van der Waals surface area contributed by atoms with Gasteiger partial charge in [0, 0.05) is 12.6 Å². The highest BCUT2D eigenvalue weighted by atomic mass is 16.1. The second-order valence-corrected chi connectivity index (χ2v) is 5.56. The molecule has 1 aliphatic heterocycles. The Morgan fingerprint density at radius 2 is 2.12 bits per heavy atom. The number of nitrogens with one attached hydrogen (secondary N) is 1. The second kappa shape index (κ2) is 5.64. The van der Waals surface area contributed by atoms with Gasteiger partial charge in [-0.3, -0.25) is 4.79 Å². The highest BCUT2D eigenvalue weighted by molar-refractivity contribution is 5.80. The maximum absolute atomic E-state index is 11.2. The zero-order chi connectivity index (χ0) is 12.2. The van der Waals surface area contributed by atoms with Gasteiger partial charge in [0.25, 0.3) is 0 Å². The number of carbonyl (C=O) groups excluding carboxylic acids is 1. The lowest BCUT2D eigenvalue weighted by molar-refractivity contribution is -0.125. The van der Waals surface area contributed by atoms with Gasteiger partial charge >= 0.3 is 0 Å². The van der Waals surface area contributed by atoms with Gasteiger partial charge in [0.1, 0.15) is 0 Å². The maximum Gasteiger partial charge on any atom is 0.224 e. The van der Waals surface area contributed by atoms with E-state index in [0.29, 0.717) is 12.6 Å². The molecule has 0 aromatic carbocycles. The van der Waals surface area contributed by atoms with Gasteiger partial charge in [-0.05, 0) is 53.2 Å². The van der Waals surface area contributed by atoms with Gasteiger partial charge in [0.15, 0.2) is 0 Å². The molecule has 16 heavy (non-hydrogen) atoms. The minimum absolute atomic E-state index is 0.231. The molecule has 1 amide bonds. The Morgan fingerprint density at radius 1 is 1.44 bits per heavy atom. The molecule has 1 saturated heterocycles. The molecule has 4 nitrogen and oxygen atoms in total. The van der Waals surface area contributed by atoms with E-state index in [1.807, 2.05) is 13.8 Å². The summed E-state index contributed by atoms with van der Waals surface area (Å²) in [6.45, 7) is 6.78. The molecular formula is C12H25N3O. The topological polar surface area (TPSA) is 58.4 Å².